The molecule has 162 valence electrons. The minimum Gasteiger partial charge on any atom is -0.459 e. The third-order valence-corrected chi connectivity index (χ3v) is 5.54. The quantitative estimate of drug-likeness (QED) is 0.276. The van der Waals surface area contributed by atoms with Crippen LogP contribution < -0.4 is 16.4 Å². The van der Waals surface area contributed by atoms with Crippen LogP contribution in [-0.4, -0.2) is 27.1 Å². The monoisotopic (exact) mass is 448 g/mol. The van der Waals surface area contributed by atoms with Crippen LogP contribution in [0.4, 0.5) is 0 Å². The predicted molar refractivity (Wildman–Crippen MR) is 122 cm³/mol. The molecule has 4 aromatic rings. The van der Waals surface area contributed by atoms with Crippen LogP contribution in [0, 0.1) is 13.8 Å². The van der Waals surface area contributed by atoms with E-state index in [1.807, 2.05) is 32.0 Å². The number of carbonyl (C=O) groups is 2. The van der Waals surface area contributed by atoms with Crippen LogP contribution in [0.25, 0.3) is 16.6 Å². The summed E-state index contributed by atoms with van der Waals surface area (Å²) in [5.74, 6) is -1.000. The number of furan rings is 1. The summed E-state index contributed by atoms with van der Waals surface area (Å²) in [4.78, 5) is 42.1. The molecule has 9 heteroatoms. The zero-order chi connectivity index (χ0) is 22.7. The normalized spacial score (nSPS) is 10.8. The molecule has 8 nitrogen and oxygen atoms in total. The van der Waals surface area contributed by atoms with Crippen molar-refractivity contribution in [3.05, 3.63) is 88.1 Å². The Labute approximate surface area is 187 Å². The van der Waals surface area contributed by atoms with Crippen LogP contribution in [-0.2, 0) is 4.79 Å². The highest BCUT2D eigenvalue weighted by Crippen LogP contribution is 2.22. The molecule has 2 amide bonds. The second-order valence-corrected chi connectivity index (χ2v) is 8.11. The molecule has 2 heterocycles. The number of aromatic nitrogens is 2. The van der Waals surface area contributed by atoms with Gasteiger partial charge in [-0.25, -0.2) is 4.98 Å². The SMILES string of the molecule is Cc1cc(C)cc(-n2c(SCC(=O)NNC(=O)c3ccco3)nc3ccccc3c2=O)c1. The van der Waals surface area contributed by atoms with Crippen LogP contribution in [0.2, 0.25) is 0 Å². The largest absolute Gasteiger partial charge is 0.459 e. The van der Waals surface area contributed by atoms with Crippen LogP contribution in [0.15, 0.2) is 75.2 Å². The summed E-state index contributed by atoms with van der Waals surface area (Å²) in [5, 5.41) is 0.873. The fourth-order valence-corrected chi connectivity index (χ4v) is 4.09. The number of hydrazine groups is 1. The number of fused-ring (bicyclic) bond motifs is 1. The van der Waals surface area contributed by atoms with Crippen molar-refractivity contribution >= 4 is 34.5 Å². The fraction of sp³-hybridized carbons (Fsp3) is 0.130. The molecule has 0 radical (unpaired) electrons. The van der Waals surface area contributed by atoms with Crippen LogP contribution in [0.1, 0.15) is 21.7 Å². The van der Waals surface area contributed by atoms with Gasteiger partial charge in [-0.05, 0) is 61.4 Å². The van der Waals surface area contributed by atoms with Gasteiger partial charge in [0.1, 0.15) is 0 Å². The van der Waals surface area contributed by atoms with E-state index in [4.69, 9.17) is 4.42 Å². The molecule has 4 rings (SSSR count). The second kappa shape index (κ2) is 9.11. The molecule has 2 aromatic carbocycles. The fourth-order valence-electron chi connectivity index (χ4n) is 3.28. The molecule has 0 aliphatic heterocycles. The number of hydrogen-bond acceptors (Lipinski definition) is 6. The van der Waals surface area contributed by atoms with Gasteiger partial charge in [0.2, 0.25) is 5.91 Å². The molecule has 2 N–H and O–H groups in total. The summed E-state index contributed by atoms with van der Waals surface area (Å²) < 4.78 is 6.49. The Balaban J connectivity index is 1.60. The van der Waals surface area contributed by atoms with E-state index in [2.05, 4.69) is 15.8 Å². The van der Waals surface area contributed by atoms with Gasteiger partial charge in [-0.3, -0.25) is 29.8 Å². The van der Waals surface area contributed by atoms with E-state index in [-0.39, 0.29) is 17.1 Å². The van der Waals surface area contributed by atoms with Gasteiger partial charge in [0.25, 0.3) is 5.56 Å². The maximum Gasteiger partial charge on any atom is 0.305 e. The highest BCUT2D eigenvalue weighted by molar-refractivity contribution is 7.99. The number of nitrogens with zero attached hydrogens (tertiary/aromatic N) is 2. The van der Waals surface area contributed by atoms with Crippen LogP contribution in [0.5, 0.6) is 0 Å². The minimum atomic E-state index is -0.565. The Hall–Kier alpha value is -3.85. The number of amides is 2. The summed E-state index contributed by atoms with van der Waals surface area (Å²) in [5.41, 5.74) is 7.66. The number of carbonyl (C=O) groups excluding carboxylic acids is 2. The first-order valence-electron chi connectivity index (χ1n) is 9.78. The van der Waals surface area contributed by atoms with Gasteiger partial charge in [-0.15, -0.1) is 0 Å². The lowest BCUT2D eigenvalue weighted by Crippen LogP contribution is -2.42. The number of para-hydroxylation sites is 1. The third-order valence-electron chi connectivity index (χ3n) is 4.60. The van der Waals surface area contributed by atoms with Crippen molar-refractivity contribution in [2.24, 2.45) is 0 Å². The molecule has 32 heavy (non-hydrogen) atoms. The summed E-state index contributed by atoms with van der Waals surface area (Å²) in [6, 6.07) is 16.0. The van der Waals surface area contributed by atoms with E-state index in [1.165, 1.54) is 16.9 Å². The molecule has 0 aliphatic carbocycles. The lowest BCUT2D eigenvalue weighted by atomic mass is 10.1. The molecule has 0 saturated heterocycles. The standard InChI is InChI=1S/C23H20N4O4S/c1-14-10-15(2)12-16(11-14)27-22(30)17-6-3-4-7-18(17)24-23(27)32-13-20(28)25-26-21(29)19-8-5-9-31-19/h3-12H,13H2,1-2H3,(H,25,28)(H,26,29). The van der Waals surface area contributed by atoms with E-state index in [0.29, 0.717) is 21.7 Å². The van der Waals surface area contributed by atoms with Crippen molar-refractivity contribution in [3.8, 4) is 5.69 Å². The average Bonchev–Trinajstić information content (AvgIpc) is 3.30. The van der Waals surface area contributed by atoms with Crippen LogP contribution >= 0.6 is 11.8 Å². The molecule has 0 saturated carbocycles. The Morgan fingerprint density at radius 2 is 1.78 bits per heavy atom. The van der Waals surface area contributed by atoms with E-state index in [9.17, 15) is 14.4 Å². The maximum absolute atomic E-state index is 13.3. The maximum atomic E-state index is 13.3. The molecule has 0 spiro atoms. The Kier molecular flexibility index (Phi) is 6.09. The molecule has 0 aliphatic rings. The first-order valence-corrected chi connectivity index (χ1v) is 10.8. The van der Waals surface area contributed by atoms with E-state index >= 15 is 0 Å². The second-order valence-electron chi connectivity index (χ2n) is 7.17. The first kappa shape index (κ1) is 21.4. The van der Waals surface area contributed by atoms with Crippen molar-refractivity contribution in [1.29, 1.82) is 0 Å². The molecule has 0 bridgehead atoms. The van der Waals surface area contributed by atoms with Gasteiger partial charge in [-0.2, -0.15) is 0 Å². The number of aryl methyl sites for hydroxylation is 2. The number of thioether (sulfide) groups is 1. The van der Waals surface area contributed by atoms with E-state index in [1.54, 1.807) is 30.3 Å². The number of hydrogen-bond donors (Lipinski definition) is 2. The topological polar surface area (TPSA) is 106 Å². The van der Waals surface area contributed by atoms with Gasteiger partial charge >= 0.3 is 5.91 Å². The Bertz CT molecular complexity index is 1340. The molecular formula is C23H20N4O4S. The smallest absolute Gasteiger partial charge is 0.305 e. The zero-order valence-electron chi connectivity index (χ0n) is 17.4. The van der Waals surface area contributed by atoms with Crippen molar-refractivity contribution in [2.75, 3.05) is 5.75 Å². The lowest BCUT2D eigenvalue weighted by molar-refractivity contribution is -0.119. The third kappa shape index (κ3) is 4.57. The number of rotatable bonds is 5. The number of benzene rings is 2. The van der Waals surface area contributed by atoms with Gasteiger partial charge in [0.05, 0.1) is 28.6 Å². The van der Waals surface area contributed by atoms with Crippen LogP contribution in [0.3, 0.4) is 0 Å². The Morgan fingerprint density at radius 1 is 1.03 bits per heavy atom. The van der Waals surface area contributed by atoms with Crippen molar-refractivity contribution in [2.45, 2.75) is 19.0 Å². The molecule has 0 atom stereocenters. The highest BCUT2D eigenvalue weighted by Gasteiger charge is 2.16. The first-order chi connectivity index (χ1) is 15.4. The van der Waals surface area contributed by atoms with Gasteiger partial charge in [0.15, 0.2) is 10.9 Å². The molecule has 0 fully saturated rings. The average molecular weight is 449 g/mol. The van der Waals surface area contributed by atoms with Gasteiger partial charge < -0.3 is 4.42 Å². The summed E-state index contributed by atoms with van der Waals surface area (Å²) in [6.07, 6.45) is 1.37. The zero-order valence-corrected chi connectivity index (χ0v) is 18.2. The predicted octanol–water partition coefficient (Wildman–Crippen LogP) is 3.15. The lowest BCUT2D eigenvalue weighted by Gasteiger charge is -2.14. The summed E-state index contributed by atoms with van der Waals surface area (Å²) in [7, 11) is 0. The summed E-state index contributed by atoms with van der Waals surface area (Å²) >= 11 is 1.10. The van der Waals surface area contributed by atoms with Crippen molar-refractivity contribution < 1.29 is 14.0 Å². The van der Waals surface area contributed by atoms with Crippen molar-refractivity contribution in [1.82, 2.24) is 20.4 Å². The minimum absolute atomic E-state index is 0.0615. The molecular weight excluding hydrogens is 428 g/mol. The van der Waals surface area contributed by atoms with Gasteiger partial charge in [-0.1, -0.05) is 30.0 Å². The van der Waals surface area contributed by atoms with E-state index in [0.717, 1.165) is 22.9 Å². The Morgan fingerprint density at radius 3 is 2.50 bits per heavy atom. The highest BCUT2D eigenvalue weighted by atomic mass is 32.2. The number of nitrogens with one attached hydrogen (secondary N) is 2. The molecule has 0 unspecified atom stereocenters. The van der Waals surface area contributed by atoms with E-state index < -0.39 is 11.8 Å². The summed E-state index contributed by atoms with van der Waals surface area (Å²) in [6.45, 7) is 3.91. The molecule has 2 aromatic heterocycles. The van der Waals surface area contributed by atoms with Crippen molar-refractivity contribution in [3.63, 3.8) is 0 Å². The van der Waals surface area contributed by atoms with Gasteiger partial charge in [0, 0.05) is 0 Å².